The zero-order valence-corrected chi connectivity index (χ0v) is 14.4. The van der Waals surface area contributed by atoms with E-state index in [-0.39, 0.29) is 0 Å². The molecule has 4 atom stereocenters. The van der Waals surface area contributed by atoms with E-state index in [2.05, 4.69) is 34.6 Å². The molecule has 3 heterocycles. The monoisotopic (exact) mass is 318 g/mol. The molecule has 0 aromatic carbocycles. The molecule has 2 aliphatic heterocycles. The van der Waals surface area contributed by atoms with Gasteiger partial charge in [0.2, 0.25) is 0 Å². The highest BCUT2D eigenvalue weighted by atomic mass is 16.3. The lowest BCUT2D eigenvalue weighted by atomic mass is 9.71. The van der Waals surface area contributed by atoms with E-state index >= 15 is 0 Å². The average molecular weight is 318 g/mol. The maximum atomic E-state index is 5.60. The van der Waals surface area contributed by atoms with Crippen LogP contribution in [0.15, 0.2) is 16.9 Å². The molecule has 1 aliphatic carbocycles. The summed E-state index contributed by atoms with van der Waals surface area (Å²) in [5, 5.41) is 7.39. The van der Waals surface area contributed by atoms with Crippen molar-refractivity contribution in [2.24, 2.45) is 17.8 Å². The van der Waals surface area contributed by atoms with Gasteiger partial charge in [0, 0.05) is 18.5 Å². The number of nitrogens with one attached hydrogen (secondary N) is 2. The lowest BCUT2D eigenvalue weighted by molar-refractivity contribution is 0.110. The summed E-state index contributed by atoms with van der Waals surface area (Å²) in [6.07, 6.45) is 10.8. The van der Waals surface area contributed by atoms with Crippen molar-refractivity contribution in [2.75, 3.05) is 27.2 Å². The number of rotatable bonds is 3. The van der Waals surface area contributed by atoms with Crippen LogP contribution in [0, 0.1) is 17.8 Å². The molecule has 5 heteroatoms. The molecular formula is C18H30N4O. The van der Waals surface area contributed by atoms with E-state index in [0.717, 1.165) is 30.3 Å². The third-order valence-corrected chi connectivity index (χ3v) is 6.58. The number of piperidine rings is 1. The maximum Gasteiger partial charge on any atom is 0.198 e. The Balaban J connectivity index is 1.39. The van der Waals surface area contributed by atoms with E-state index in [1.807, 2.05) is 0 Å². The summed E-state index contributed by atoms with van der Waals surface area (Å²) in [5.74, 6) is 3.69. The van der Waals surface area contributed by atoms with Crippen LogP contribution in [-0.2, 0) is 0 Å². The summed E-state index contributed by atoms with van der Waals surface area (Å²) in [5.41, 5.74) is 0. The number of aromatic nitrogens is 1. The molecule has 1 saturated carbocycles. The van der Waals surface area contributed by atoms with Gasteiger partial charge >= 0.3 is 0 Å². The number of hydrogen-bond acceptors (Lipinski definition) is 5. The number of fused-ring (bicyclic) bond motifs is 1. The summed E-state index contributed by atoms with van der Waals surface area (Å²) in [6, 6.07) is 0.795. The Morgan fingerprint density at radius 3 is 2.57 bits per heavy atom. The molecule has 4 rings (SSSR count). The molecule has 1 aromatic heterocycles. The minimum Gasteiger partial charge on any atom is -0.449 e. The van der Waals surface area contributed by atoms with Gasteiger partial charge in [0.05, 0.1) is 18.3 Å². The summed E-state index contributed by atoms with van der Waals surface area (Å²) >= 11 is 0. The second kappa shape index (κ2) is 6.54. The average Bonchev–Trinajstić information content (AvgIpc) is 3.23. The lowest BCUT2D eigenvalue weighted by Gasteiger charge is -2.41. The standard InChI is InChI=1S/C18H30N4O/c1-22(2)14-5-3-12(4-6-14)13-9-15-16(18-19-7-8-23-18)11-21-17(15)20-10-13/h7-8,12-17,20-21H,3-6,9-11H2,1-2H3. The predicted molar refractivity (Wildman–Crippen MR) is 90.1 cm³/mol. The molecule has 3 fully saturated rings. The van der Waals surface area contributed by atoms with E-state index in [4.69, 9.17) is 4.42 Å². The van der Waals surface area contributed by atoms with Crippen LogP contribution in [0.1, 0.15) is 43.9 Å². The Labute approximate surface area is 139 Å². The number of oxazole rings is 1. The fourth-order valence-corrected chi connectivity index (χ4v) is 5.16. The molecule has 4 unspecified atom stereocenters. The third-order valence-electron chi connectivity index (χ3n) is 6.58. The van der Waals surface area contributed by atoms with Crippen molar-refractivity contribution in [1.82, 2.24) is 20.5 Å². The number of nitrogens with zero attached hydrogens (tertiary/aromatic N) is 2. The Hall–Kier alpha value is -0.910. The van der Waals surface area contributed by atoms with Gasteiger partial charge in [-0.05, 0) is 64.6 Å². The molecule has 23 heavy (non-hydrogen) atoms. The van der Waals surface area contributed by atoms with Crippen molar-refractivity contribution in [3.63, 3.8) is 0 Å². The van der Waals surface area contributed by atoms with E-state index in [0.29, 0.717) is 18.0 Å². The van der Waals surface area contributed by atoms with Gasteiger partial charge in [0.1, 0.15) is 6.26 Å². The van der Waals surface area contributed by atoms with Crippen LogP contribution in [0.3, 0.4) is 0 Å². The first-order valence-electron chi connectivity index (χ1n) is 9.25. The van der Waals surface area contributed by atoms with Gasteiger partial charge < -0.3 is 20.0 Å². The fourth-order valence-electron chi connectivity index (χ4n) is 5.16. The third kappa shape index (κ3) is 3.06. The second-order valence-electron chi connectivity index (χ2n) is 7.96. The summed E-state index contributed by atoms with van der Waals surface area (Å²) in [7, 11) is 4.45. The minimum absolute atomic E-state index is 0.434. The highest BCUT2D eigenvalue weighted by Crippen LogP contribution is 2.42. The van der Waals surface area contributed by atoms with E-state index in [1.165, 1.54) is 38.6 Å². The van der Waals surface area contributed by atoms with Gasteiger partial charge in [0.25, 0.3) is 0 Å². The molecule has 1 aromatic rings. The largest absolute Gasteiger partial charge is 0.449 e. The first-order valence-corrected chi connectivity index (χ1v) is 9.25. The van der Waals surface area contributed by atoms with Gasteiger partial charge in [-0.15, -0.1) is 0 Å². The SMILES string of the molecule is CN(C)C1CCC(C2CNC3NCC(c4ncco4)C3C2)CC1. The predicted octanol–water partition coefficient (Wildman–Crippen LogP) is 2.03. The van der Waals surface area contributed by atoms with Gasteiger partial charge in [0.15, 0.2) is 5.89 Å². The number of hydrogen-bond donors (Lipinski definition) is 2. The van der Waals surface area contributed by atoms with Gasteiger partial charge in [-0.3, -0.25) is 0 Å². The molecule has 0 bridgehead atoms. The minimum atomic E-state index is 0.434. The van der Waals surface area contributed by atoms with Crippen molar-refractivity contribution in [3.05, 3.63) is 18.4 Å². The Morgan fingerprint density at radius 2 is 1.87 bits per heavy atom. The highest BCUT2D eigenvalue weighted by molar-refractivity contribution is 5.07. The summed E-state index contributed by atoms with van der Waals surface area (Å²) in [4.78, 5) is 6.82. The summed E-state index contributed by atoms with van der Waals surface area (Å²) < 4.78 is 5.60. The Kier molecular flexibility index (Phi) is 4.43. The first kappa shape index (κ1) is 15.6. The van der Waals surface area contributed by atoms with E-state index < -0.39 is 0 Å². The van der Waals surface area contributed by atoms with Gasteiger partial charge in [-0.1, -0.05) is 0 Å². The van der Waals surface area contributed by atoms with Crippen LogP contribution < -0.4 is 10.6 Å². The quantitative estimate of drug-likeness (QED) is 0.893. The van der Waals surface area contributed by atoms with Crippen molar-refractivity contribution in [1.29, 1.82) is 0 Å². The van der Waals surface area contributed by atoms with Crippen molar-refractivity contribution in [3.8, 4) is 0 Å². The zero-order valence-electron chi connectivity index (χ0n) is 14.4. The van der Waals surface area contributed by atoms with Crippen molar-refractivity contribution in [2.45, 2.75) is 50.2 Å². The van der Waals surface area contributed by atoms with Crippen LogP contribution in [0.2, 0.25) is 0 Å². The van der Waals surface area contributed by atoms with Gasteiger partial charge in [-0.2, -0.15) is 0 Å². The molecular weight excluding hydrogens is 288 g/mol. The van der Waals surface area contributed by atoms with Crippen LogP contribution in [0.4, 0.5) is 0 Å². The molecule has 5 nitrogen and oxygen atoms in total. The maximum absolute atomic E-state index is 5.60. The van der Waals surface area contributed by atoms with Gasteiger partial charge in [-0.25, -0.2) is 4.98 Å². The fraction of sp³-hybridized carbons (Fsp3) is 0.833. The Bertz CT molecular complexity index is 495. The van der Waals surface area contributed by atoms with Crippen LogP contribution in [0.5, 0.6) is 0 Å². The summed E-state index contributed by atoms with van der Waals surface area (Å²) in [6.45, 7) is 2.16. The van der Waals surface area contributed by atoms with E-state index in [9.17, 15) is 0 Å². The van der Waals surface area contributed by atoms with Crippen LogP contribution in [0.25, 0.3) is 0 Å². The second-order valence-corrected chi connectivity index (χ2v) is 7.96. The van der Waals surface area contributed by atoms with Crippen molar-refractivity contribution >= 4 is 0 Å². The van der Waals surface area contributed by atoms with Crippen LogP contribution >= 0.6 is 0 Å². The topological polar surface area (TPSA) is 53.3 Å². The first-order chi connectivity index (χ1) is 11.2. The smallest absolute Gasteiger partial charge is 0.198 e. The Morgan fingerprint density at radius 1 is 1.09 bits per heavy atom. The van der Waals surface area contributed by atoms with E-state index in [1.54, 1.807) is 12.5 Å². The molecule has 0 spiro atoms. The molecule has 2 N–H and O–H groups in total. The van der Waals surface area contributed by atoms with Crippen molar-refractivity contribution < 1.29 is 4.42 Å². The van der Waals surface area contributed by atoms with Crippen LogP contribution in [-0.4, -0.2) is 49.3 Å². The molecule has 3 aliphatic rings. The molecule has 0 amide bonds. The molecule has 0 radical (unpaired) electrons. The normalized spacial score (nSPS) is 41.2. The lowest BCUT2D eigenvalue weighted by Crippen LogP contribution is -2.51. The molecule has 128 valence electrons. The zero-order chi connectivity index (χ0) is 15.8. The highest BCUT2D eigenvalue weighted by Gasteiger charge is 2.44. The molecule has 2 saturated heterocycles.